The molecule has 1 unspecified atom stereocenters. The van der Waals surface area contributed by atoms with E-state index in [0.717, 1.165) is 9.18 Å². The molecule has 1 aromatic heterocycles. The van der Waals surface area contributed by atoms with Gasteiger partial charge in [-0.2, -0.15) is 12.7 Å². The minimum atomic E-state index is -3.74. The molecule has 0 bridgehead atoms. The number of rotatable bonds is 4. The summed E-state index contributed by atoms with van der Waals surface area (Å²) in [6, 6.07) is 0.566. The second-order valence-corrected chi connectivity index (χ2v) is 6.61. The monoisotopic (exact) mass is 290 g/mol. The van der Waals surface area contributed by atoms with Crippen LogP contribution in [0, 0.1) is 0 Å². The highest BCUT2D eigenvalue weighted by atomic mass is 32.2. The highest BCUT2D eigenvalue weighted by Crippen LogP contribution is 2.34. The van der Waals surface area contributed by atoms with Crippen LogP contribution in [0.5, 0.6) is 0 Å². The van der Waals surface area contributed by atoms with Gasteiger partial charge in [0, 0.05) is 18.0 Å². The van der Waals surface area contributed by atoms with Crippen molar-refractivity contribution < 1.29 is 18.3 Å². The summed E-state index contributed by atoms with van der Waals surface area (Å²) in [5.74, 6) is -1.14. The molecule has 0 saturated carbocycles. The van der Waals surface area contributed by atoms with E-state index in [-0.39, 0.29) is 13.1 Å². The molecule has 2 rings (SSSR count). The molecule has 1 aromatic rings. The normalized spacial score (nSPS) is 20.6. The molecule has 0 amide bonds. The maximum Gasteiger partial charge on any atom is 0.326 e. The van der Waals surface area contributed by atoms with Crippen molar-refractivity contribution in [3.63, 3.8) is 0 Å². The van der Waals surface area contributed by atoms with E-state index in [1.807, 2.05) is 0 Å². The number of fused-ring (bicyclic) bond motifs is 1. The fourth-order valence-electron chi connectivity index (χ4n) is 2.07. The summed E-state index contributed by atoms with van der Waals surface area (Å²) >= 11 is 1.47. The van der Waals surface area contributed by atoms with Gasteiger partial charge in [-0.1, -0.05) is 6.92 Å². The third-order valence-electron chi connectivity index (χ3n) is 2.79. The Bertz CT molecular complexity index is 552. The van der Waals surface area contributed by atoms with E-state index in [0.29, 0.717) is 12.0 Å². The van der Waals surface area contributed by atoms with Gasteiger partial charge < -0.3 is 5.11 Å². The van der Waals surface area contributed by atoms with Crippen LogP contribution in [0.2, 0.25) is 0 Å². The Kier molecular flexibility index (Phi) is 3.71. The van der Waals surface area contributed by atoms with Crippen LogP contribution in [-0.2, 0) is 21.4 Å². The van der Waals surface area contributed by atoms with Crippen molar-refractivity contribution in [3.8, 4) is 0 Å². The molecule has 100 valence electrons. The smallest absolute Gasteiger partial charge is 0.326 e. The van der Waals surface area contributed by atoms with E-state index in [1.165, 1.54) is 11.3 Å². The number of carboxylic acid groups (broad SMARTS) is 1. The Balaban J connectivity index is 2.42. The maximum absolute atomic E-state index is 12.0. The van der Waals surface area contributed by atoms with Crippen molar-refractivity contribution in [2.45, 2.75) is 19.4 Å². The summed E-state index contributed by atoms with van der Waals surface area (Å²) in [6.45, 7) is 2.09. The van der Waals surface area contributed by atoms with Gasteiger partial charge in [0.25, 0.3) is 10.2 Å². The number of carbonyl (C=O) groups is 1. The van der Waals surface area contributed by atoms with Gasteiger partial charge in [-0.15, -0.1) is 11.3 Å². The zero-order valence-corrected chi connectivity index (χ0v) is 11.4. The first kappa shape index (κ1) is 13.5. The topological polar surface area (TPSA) is 86.7 Å². The zero-order valence-electron chi connectivity index (χ0n) is 9.79. The fraction of sp³-hybridized carbons (Fsp3) is 0.500. The third kappa shape index (κ3) is 2.28. The third-order valence-corrected chi connectivity index (χ3v) is 5.45. The quantitative estimate of drug-likeness (QED) is 0.849. The molecule has 1 aliphatic rings. The molecule has 1 atom stereocenters. The first-order valence-corrected chi connectivity index (χ1v) is 7.85. The van der Waals surface area contributed by atoms with Crippen molar-refractivity contribution >= 4 is 27.5 Å². The van der Waals surface area contributed by atoms with E-state index < -0.39 is 22.2 Å². The lowest BCUT2D eigenvalue weighted by Gasteiger charge is -2.31. The molecule has 0 aliphatic carbocycles. The number of hydrogen-bond donors (Lipinski definition) is 2. The molecule has 0 fully saturated rings. The molecule has 2 N–H and O–H groups in total. The molecule has 2 heterocycles. The molecule has 0 saturated heterocycles. The van der Waals surface area contributed by atoms with Gasteiger partial charge in [-0.05, 0) is 23.4 Å². The Morgan fingerprint density at radius 2 is 2.39 bits per heavy atom. The summed E-state index contributed by atoms with van der Waals surface area (Å²) < 4.78 is 27.3. The van der Waals surface area contributed by atoms with Crippen LogP contribution in [0.3, 0.4) is 0 Å². The first-order chi connectivity index (χ1) is 8.47. The number of aliphatic carboxylic acids is 1. The molecular formula is C10H14N2O4S2. The van der Waals surface area contributed by atoms with Crippen LogP contribution >= 0.6 is 11.3 Å². The average Bonchev–Trinajstić information content (AvgIpc) is 2.74. The molecule has 6 nitrogen and oxygen atoms in total. The zero-order chi connectivity index (χ0) is 13.3. The number of carboxylic acids is 1. The summed E-state index contributed by atoms with van der Waals surface area (Å²) in [6.07, 6.45) is 0.557. The van der Waals surface area contributed by atoms with E-state index in [4.69, 9.17) is 0 Å². The van der Waals surface area contributed by atoms with E-state index in [2.05, 4.69) is 4.72 Å². The first-order valence-electron chi connectivity index (χ1n) is 5.53. The SMILES string of the molecule is CCNS(=O)(=O)N1CCc2sccc2C1C(=O)O. The van der Waals surface area contributed by atoms with Crippen LogP contribution < -0.4 is 4.72 Å². The molecule has 0 spiro atoms. The second-order valence-electron chi connectivity index (χ2n) is 3.90. The number of nitrogens with zero attached hydrogens (tertiary/aromatic N) is 1. The second kappa shape index (κ2) is 4.96. The summed E-state index contributed by atoms with van der Waals surface area (Å²) in [5.41, 5.74) is 0.584. The van der Waals surface area contributed by atoms with Crippen LogP contribution in [0.15, 0.2) is 11.4 Å². The van der Waals surface area contributed by atoms with Gasteiger partial charge in [0.15, 0.2) is 0 Å². The van der Waals surface area contributed by atoms with Gasteiger partial charge in [-0.25, -0.2) is 4.72 Å². The van der Waals surface area contributed by atoms with Gasteiger partial charge in [-0.3, -0.25) is 4.79 Å². The van der Waals surface area contributed by atoms with E-state index in [1.54, 1.807) is 18.4 Å². The predicted molar refractivity (Wildman–Crippen MR) is 67.7 cm³/mol. The van der Waals surface area contributed by atoms with Crippen molar-refractivity contribution in [1.82, 2.24) is 9.03 Å². The Hall–Kier alpha value is -0.960. The molecule has 0 radical (unpaired) electrons. The van der Waals surface area contributed by atoms with Crippen LogP contribution in [-0.4, -0.2) is 36.9 Å². The van der Waals surface area contributed by atoms with Crippen molar-refractivity contribution in [2.24, 2.45) is 0 Å². The molecule has 1 aliphatic heterocycles. The van der Waals surface area contributed by atoms with Gasteiger partial charge in [0.2, 0.25) is 0 Å². The van der Waals surface area contributed by atoms with Crippen LogP contribution in [0.4, 0.5) is 0 Å². The lowest BCUT2D eigenvalue weighted by molar-refractivity contribution is -0.142. The maximum atomic E-state index is 12.0. The standard InChI is InChI=1S/C10H14N2O4S2/c1-2-11-18(15,16)12-5-3-8-7(4-6-17-8)9(12)10(13)14/h4,6,9,11H,2-3,5H2,1H3,(H,13,14). The Morgan fingerprint density at radius 3 is 3.00 bits per heavy atom. The Morgan fingerprint density at radius 1 is 1.67 bits per heavy atom. The van der Waals surface area contributed by atoms with Crippen molar-refractivity contribution in [2.75, 3.05) is 13.1 Å². The van der Waals surface area contributed by atoms with Gasteiger partial charge in [0.05, 0.1) is 0 Å². The number of nitrogens with one attached hydrogen (secondary N) is 1. The van der Waals surface area contributed by atoms with Gasteiger partial charge >= 0.3 is 5.97 Å². The van der Waals surface area contributed by atoms with E-state index in [9.17, 15) is 18.3 Å². The van der Waals surface area contributed by atoms with Crippen molar-refractivity contribution in [1.29, 1.82) is 0 Å². The Labute approximate surface area is 109 Å². The lowest BCUT2D eigenvalue weighted by Crippen LogP contribution is -2.48. The minimum Gasteiger partial charge on any atom is -0.480 e. The van der Waals surface area contributed by atoms with E-state index >= 15 is 0 Å². The largest absolute Gasteiger partial charge is 0.480 e. The summed E-state index contributed by atoms with van der Waals surface area (Å²) in [4.78, 5) is 12.3. The number of hydrogen-bond acceptors (Lipinski definition) is 4. The average molecular weight is 290 g/mol. The highest BCUT2D eigenvalue weighted by Gasteiger charge is 2.40. The highest BCUT2D eigenvalue weighted by molar-refractivity contribution is 7.87. The summed E-state index contributed by atoms with van der Waals surface area (Å²) in [5, 5.41) is 11.1. The van der Waals surface area contributed by atoms with Crippen LogP contribution in [0.1, 0.15) is 23.4 Å². The predicted octanol–water partition coefficient (Wildman–Crippen LogP) is 0.586. The molecular weight excluding hydrogens is 276 g/mol. The molecule has 18 heavy (non-hydrogen) atoms. The molecule has 8 heteroatoms. The van der Waals surface area contributed by atoms with Crippen molar-refractivity contribution in [3.05, 3.63) is 21.9 Å². The molecule has 0 aromatic carbocycles. The minimum absolute atomic E-state index is 0.194. The summed E-state index contributed by atoms with van der Waals surface area (Å²) in [7, 11) is -3.74. The van der Waals surface area contributed by atoms with Gasteiger partial charge in [0.1, 0.15) is 6.04 Å². The fourth-order valence-corrected chi connectivity index (χ4v) is 4.32. The number of thiophene rings is 1. The van der Waals surface area contributed by atoms with Crippen LogP contribution in [0.25, 0.3) is 0 Å². The lowest BCUT2D eigenvalue weighted by atomic mass is 10.0.